The Kier molecular flexibility index (Phi) is 3.85. The van der Waals surface area contributed by atoms with Crippen LogP contribution in [0.4, 0.5) is 0 Å². The van der Waals surface area contributed by atoms with Crippen LogP contribution in [0.5, 0.6) is 5.75 Å². The molecule has 0 saturated heterocycles. The lowest BCUT2D eigenvalue weighted by Gasteiger charge is -2.12. The molecule has 1 unspecified atom stereocenters. The van der Waals surface area contributed by atoms with Crippen LogP contribution in [-0.2, 0) is 0 Å². The second kappa shape index (κ2) is 5.56. The highest BCUT2D eigenvalue weighted by molar-refractivity contribution is 5.86. The van der Waals surface area contributed by atoms with Gasteiger partial charge in [0, 0.05) is 11.6 Å². The molecule has 0 spiro atoms. The van der Waals surface area contributed by atoms with E-state index in [1.807, 2.05) is 31.2 Å². The number of rotatable bonds is 5. The number of nitrogens with zero attached hydrogens (tertiary/aromatic N) is 1. The zero-order chi connectivity index (χ0) is 13.8. The van der Waals surface area contributed by atoms with E-state index < -0.39 is 5.97 Å². The van der Waals surface area contributed by atoms with Crippen molar-refractivity contribution in [2.75, 3.05) is 0 Å². The van der Waals surface area contributed by atoms with Crippen molar-refractivity contribution in [1.82, 2.24) is 5.16 Å². The number of carboxylic acid groups (broad SMARTS) is 1. The van der Waals surface area contributed by atoms with Gasteiger partial charge in [0.25, 0.3) is 0 Å². The molecule has 1 N–H and O–H groups in total. The van der Waals surface area contributed by atoms with Gasteiger partial charge in [0.05, 0.1) is 6.10 Å². The van der Waals surface area contributed by atoms with E-state index >= 15 is 0 Å². The van der Waals surface area contributed by atoms with Crippen molar-refractivity contribution in [1.29, 1.82) is 0 Å². The first-order valence-electron chi connectivity index (χ1n) is 6.07. The molecule has 2 aromatic rings. The zero-order valence-electron chi connectivity index (χ0n) is 10.8. The topological polar surface area (TPSA) is 72.6 Å². The first-order chi connectivity index (χ1) is 9.10. The summed E-state index contributed by atoms with van der Waals surface area (Å²) in [6, 6.07) is 8.66. The lowest BCUT2D eigenvalue weighted by molar-refractivity contribution is 0.0686. The fourth-order valence-electron chi connectivity index (χ4n) is 1.53. The Balaban J connectivity index is 2.15. The summed E-state index contributed by atoms with van der Waals surface area (Å²) in [6.45, 7) is 4.06. The predicted molar refractivity (Wildman–Crippen MR) is 69.3 cm³/mol. The van der Waals surface area contributed by atoms with Gasteiger partial charge in [-0.05, 0) is 37.6 Å². The number of hydrogen-bond acceptors (Lipinski definition) is 4. The molecule has 1 heterocycles. The molecule has 0 fully saturated rings. The Morgan fingerprint density at radius 3 is 2.63 bits per heavy atom. The molecule has 0 bridgehead atoms. The van der Waals surface area contributed by atoms with Gasteiger partial charge in [0.15, 0.2) is 11.5 Å². The Labute approximate surface area is 110 Å². The van der Waals surface area contributed by atoms with Gasteiger partial charge in [-0.25, -0.2) is 4.79 Å². The standard InChI is InChI=1S/C14H15NO4/c1-3-9(2)18-11-6-4-10(5-7-11)13-8-12(14(16)17)15-19-13/h4-9H,3H2,1-2H3,(H,16,17). The van der Waals surface area contributed by atoms with Crippen LogP contribution in [0.1, 0.15) is 30.8 Å². The van der Waals surface area contributed by atoms with Crippen LogP contribution in [-0.4, -0.2) is 22.3 Å². The Morgan fingerprint density at radius 1 is 1.42 bits per heavy atom. The molecule has 5 heteroatoms. The third-order valence-corrected chi connectivity index (χ3v) is 2.78. The van der Waals surface area contributed by atoms with Crippen LogP contribution in [0.3, 0.4) is 0 Å². The van der Waals surface area contributed by atoms with Gasteiger partial charge < -0.3 is 14.4 Å². The van der Waals surface area contributed by atoms with E-state index in [1.165, 1.54) is 6.07 Å². The highest BCUT2D eigenvalue weighted by Crippen LogP contribution is 2.23. The minimum absolute atomic E-state index is 0.102. The van der Waals surface area contributed by atoms with E-state index in [0.29, 0.717) is 5.76 Å². The van der Waals surface area contributed by atoms with E-state index in [-0.39, 0.29) is 11.8 Å². The van der Waals surface area contributed by atoms with Crippen LogP contribution in [0.15, 0.2) is 34.9 Å². The lowest BCUT2D eigenvalue weighted by Crippen LogP contribution is -2.09. The molecule has 1 aromatic carbocycles. The molecule has 19 heavy (non-hydrogen) atoms. The number of ether oxygens (including phenoxy) is 1. The Hall–Kier alpha value is -2.30. The molecule has 0 radical (unpaired) electrons. The van der Waals surface area contributed by atoms with E-state index in [2.05, 4.69) is 12.1 Å². The van der Waals surface area contributed by atoms with Crippen LogP contribution >= 0.6 is 0 Å². The van der Waals surface area contributed by atoms with E-state index in [9.17, 15) is 4.79 Å². The number of hydrogen-bond donors (Lipinski definition) is 1. The van der Waals surface area contributed by atoms with Crippen molar-refractivity contribution in [2.45, 2.75) is 26.4 Å². The number of aromatic nitrogens is 1. The number of aromatic carboxylic acids is 1. The third kappa shape index (κ3) is 3.13. The molecule has 0 saturated carbocycles. The van der Waals surface area contributed by atoms with Gasteiger partial charge in [0.2, 0.25) is 0 Å². The summed E-state index contributed by atoms with van der Waals surface area (Å²) in [5.74, 6) is 0.0929. The van der Waals surface area contributed by atoms with Crippen LogP contribution in [0.25, 0.3) is 11.3 Å². The molecule has 0 aliphatic heterocycles. The highest BCUT2D eigenvalue weighted by atomic mass is 16.5. The highest BCUT2D eigenvalue weighted by Gasteiger charge is 2.12. The average molecular weight is 261 g/mol. The predicted octanol–water partition coefficient (Wildman–Crippen LogP) is 3.22. The van der Waals surface area contributed by atoms with Gasteiger partial charge in [-0.15, -0.1) is 0 Å². The van der Waals surface area contributed by atoms with Gasteiger partial charge >= 0.3 is 5.97 Å². The SMILES string of the molecule is CCC(C)Oc1ccc(-c2cc(C(=O)O)no2)cc1. The largest absolute Gasteiger partial charge is 0.491 e. The van der Waals surface area contributed by atoms with Crippen molar-refractivity contribution >= 4 is 5.97 Å². The minimum Gasteiger partial charge on any atom is -0.491 e. The van der Waals surface area contributed by atoms with Crippen molar-refractivity contribution in [3.8, 4) is 17.1 Å². The molecule has 0 aliphatic rings. The minimum atomic E-state index is -1.10. The second-order valence-corrected chi connectivity index (χ2v) is 4.24. The van der Waals surface area contributed by atoms with Crippen LogP contribution in [0, 0.1) is 0 Å². The Bertz CT molecular complexity index is 559. The monoisotopic (exact) mass is 261 g/mol. The van der Waals surface area contributed by atoms with Crippen molar-refractivity contribution in [2.24, 2.45) is 0 Å². The van der Waals surface area contributed by atoms with Gasteiger partial charge in [-0.2, -0.15) is 0 Å². The molecule has 0 amide bonds. The molecular weight excluding hydrogens is 246 g/mol. The first kappa shape index (κ1) is 13.1. The molecule has 0 aliphatic carbocycles. The summed E-state index contributed by atoms with van der Waals surface area (Å²) < 4.78 is 10.6. The lowest BCUT2D eigenvalue weighted by atomic mass is 10.1. The van der Waals surface area contributed by atoms with Crippen LogP contribution in [0.2, 0.25) is 0 Å². The van der Waals surface area contributed by atoms with Gasteiger partial charge in [-0.3, -0.25) is 0 Å². The molecule has 5 nitrogen and oxygen atoms in total. The van der Waals surface area contributed by atoms with E-state index in [1.54, 1.807) is 0 Å². The quantitative estimate of drug-likeness (QED) is 0.894. The van der Waals surface area contributed by atoms with Gasteiger partial charge in [-0.1, -0.05) is 12.1 Å². The fourth-order valence-corrected chi connectivity index (χ4v) is 1.53. The maximum atomic E-state index is 10.7. The van der Waals surface area contributed by atoms with Crippen molar-refractivity contribution in [3.05, 3.63) is 36.0 Å². The summed E-state index contributed by atoms with van der Waals surface area (Å²) in [5.41, 5.74) is 0.659. The molecular formula is C14H15NO4. The maximum Gasteiger partial charge on any atom is 0.358 e. The second-order valence-electron chi connectivity index (χ2n) is 4.24. The molecule has 2 rings (SSSR count). The van der Waals surface area contributed by atoms with E-state index in [0.717, 1.165) is 17.7 Å². The van der Waals surface area contributed by atoms with Crippen LogP contribution < -0.4 is 4.74 Å². The zero-order valence-corrected chi connectivity index (χ0v) is 10.8. The first-order valence-corrected chi connectivity index (χ1v) is 6.07. The number of carbonyl (C=O) groups is 1. The summed E-state index contributed by atoms with van der Waals surface area (Å²) in [7, 11) is 0. The summed E-state index contributed by atoms with van der Waals surface area (Å²) in [6.07, 6.45) is 1.10. The van der Waals surface area contributed by atoms with E-state index in [4.69, 9.17) is 14.4 Å². The molecule has 100 valence electrons. The maximum absolute atomic E-state index is 10.7. The smallest absolute Gasteiger partial charge is 0.358 e. The van der Waals surface area contributed by atoms with Crippen molar-refractivity contribution in [3.63, 3.8) is 0 Å². The molecule has 1 aromatic heterocycles. The van der Waals surface area contributed by atoms with Crippen molar-refractivity contribution < 1.29 is 19.2 Å². The Morgan fingerprint density at radius 2 is 2.11 bits per heavy atom. The normalized spacial score (nSPS) is 12.1. The average Bonchev–Trinajstić information content (AvgIpc) is 2.89. The fraction of sp³-hybridized carbons (Fsp3) is 0.286. The number of carboxylic acids is 1. The number of benzene rings is 1. The summed E-state index contributed by atoms with van der Waals surface area (Å²) in [4.78, 5) is 10.7. The third-order valence-electron chi connectivity index (χ3n) is 2.78. The summed E-state index contributed by atoms with van der Waals surface area (Å²) >= 11 is 0. The van der Waals surface area contributed by atoms with Gasteiger partial charge in [0.1, 0.15) is 5.75 Å². The molecule has 1 atom stereocenters. The summed E-state index contributed by atoms with van der Waals surface area (Å²) in [5, 5.41) is 12.2.